The van der Waals surface area contributed by atoms with E-state index in [0.717, 1.165) is 67.0 Å². The lowest BCUT2D eigenvalue weighted by Gasteiger charge is -2.41. The summed E-state index contributed by atoms with van der Waals surface area (Å²) in [6, 6.07) is 15.9. The van der Waals surface area contributed by atoms with Gasteiger partial charge in [0.2, 0.25) is 0 Å². The summed E-state index contributed by atoms with van der Waals surface area (Å²) in [6.07, 6.45) is 12.1. The number of carbonyl (C=O) groups is 1. The molecule has 3 aliphatic rings. The van der Waals surface area contributed by atoms with Gasteiger partial charge in [-0.25, -0.2) is 9.37 Å². The van der Waals surface area contributed by atoms with Crippen LogP contribution in [0.15, 0.2) is 84.1 Å². The van der Waals surface area contributed by atoms with Crippen LogP contribution in [0.5, 0.6) is 0 Å². The van der Waals surface area contributed by atoms with Gasteiger partial charge in [-0.1, -0.05) is 71.1 Å². The number of carbonyl (C=O) groups excluding carboxylic acids is 1. The van der Waals surface area contributed by atoms with Crippen LogP contribution in [0.2, 0.25) is 0 Å². The zero-order valence-electron chi connectivity index (χ0n) is 23.6. The van der Waals surface area contributed by atoms with Crippen LogP contribution in [0.1, 0.15) is 45.5 Å². The Bertz CT molecular complexity index is 1530. The molecular formula is C34H35BrFN5O. The van der Waals surface area contributed by atoms with Gasteiger partial charge in [-0.05, 0) is 53.9 Å². The zero-order valence-corrected chi connectivity index (χ0v) is 25.2. The average Bonchev–Trinajstić information content (AvgIpc) is 3.88. The largest absolute Gasteiger partial charge is 0.373 e. The van der Waals surface area contributed by atoms with Gasteiger partial charge in [0.05, 0.1) is 5.56 Å². The maximum absolute atomic E-state index is 14.3. The fourth-order valence-electron chi connectivity index (χ4n) is 5.68. The maximum Gasteiger partial charge on any atom is 0.253 e. The molecule has 1 saturated heterocycles. The van der Waals surface area contributed by atoms with Crippen molar-refractivity contribution in [3.05, 3.63) is 118 Å². The van der Waals surface area contributed by atoms with E-state index in [-0.39, 0.29) is 11.7 Å². The van der Waals surface area contributed by atoms with Gasteiger partial charge in [0, 0.05) is 73.7 Å². The van der Waals surface area contributed by atoms with Crippen molar-refractivity contribution in [1.82, 2.24) is 20.1 Å². The number of amides is 1. The van der Waals surface area contributed by atoms with E-state index < -0.39 is 0 Å². The van der Waals surface area contributed by atoms with Gasteiger partial charge in [-0.2, -0.15) is 0 Å². The normalized spacial score (nSPS) is 18.5. The summed E-state index contributed by atoms with van der Waals surface area (Å²) in [6.45, 7) is 9.48. The SMILES string of the molecule is C=Cc1cc(C(=O)NCc2ccc(C3=CC3)cc2)cnc1N1CCN(C2C=CN(Cc3ccc(Br)cc3F)CC2)CC1. The van der Waals surface area contributed by atoms with Crippen LogP contribution >= 0.6 is 15.9 Å². The molecule has 3 heterocycles. The fraction of sp³-hybridized carbons (Fsp3) is 0.294. The van der Waals surface area contributed by atoms with Crippen molar-refractivity contribution in [2.24, 2.45) is 0 Å². The van der Waals surface area contributed by atoms with Crippen LogP contribution in [0.4, 0.5) is 10.2 Å². The zero-order chi connectivity index (χ0) is 29.1. The van der Waals surface area contributed by atoms with E-state index in [9.17, 15) is 9.18 Å². The fourth-order valence-corrected chi connectivity index (χ4v) is 6.01. The Hall–Kier alpha value is -3.75. The molecule has 1 unspecified atom stereocenters. The van der Waals surface area contributed by atoms with E-state index in [1.54, 1.807) is 12.3 Å². The molecule has 3 aromatic rings. The molecule has 0 bridgehead atoms. The van der Waals surface area contributed by atoms with Crippen LogP contribution in [-0.4, -0.2) is 59.5 Å². The predicted octanol–water partition coefficient (Wildman–Crippen LogP) is 6.25. The third-order valence-corrected chi connectivity index (χ3v) is 8.76. The second-order valence-corrected chi connectivity index (χ2v) is 12.0. The first-order valence-corrected chi connectivity index (χ1v) is 15.3. The molecule has 0 spiro atoms. The van der Waals surface area contributed by atoms with Crippen LogP contribution in [0.3, 0.4) is 0 Å². The smallest absolute Gasteiger partial charge is 0.253 e. The molecule has 216 valence electrons. The highest BCUT2D eigenvalue weighted by Gasteiger charge is 2.26. The molecule has 2 aliphatic heterocycles. The van der Waals surface area contributed by atoms with E-state index in [4.69, 9.17) is 4.98 Å². The van der Waals surface area contributed by atoms with Crippen LogP contribution in [-0.2, 0) is 13.1 Å². The summed E-state index contributed by atoms with van der Waals surface area (Å²) in [5.41, 5.74) is 5.82. The minimum atomic E-state index is -0.176. The van der Waals surface area contributed by atoms with Gasteiger partial charge < -0.3 is 15.1 Å². The van der Waals surface area contributed by atoms with Crippen LogP contribution in [0.25, 0.3) is 11.6 Å². The number of anilines is 1. The quantitative estimate of drug-likeness (QED) is 0.304. The van der Waals surface area contributed by atoms with Gasteiger partial charge in [-0.15, -0.1) is 0 Å². The molecule has 1 aromatic heterocycles. The molecule has 1 amide bonds. The Morgan fingerprint density at radius 1 is 1.10 bits per heavy atom. The lowest BCUT2D eigenvalue weighted by atomic mass is 10.1. The van der Waals surface area contributed by atoms with Gasteiger partial charge >= 0.3 is 0 Å². The minimum absolute atomic E-state index is 0.142. The lowest BCUT2D eigenvalue weighted by molar-refractivity contribution is 0.0950. The van der Waals surface area contributed by atoms with E-state index in [1.165, 1.54) is 17.2 Å². The highest BCUT2D eigenvalue weighted by Crippen LogP contribution is 2.30. The summed E-state index contributed by atoms with van der Waals surface area (Å²) in [4.78, 5) is 24.6. The molecule has 1 aliphatic carbocycles. The van der Waals surface area contributed by atoms with Gasteiger partial charge in [0.25, 0.3) is 5.91 Å². The first kappa shape index (κ1) is 28.4. The topological polar surface area (TPSA) is 51.7 Å². The lowest BCUT2D eigenvalue weighted by Crippen LogP contribution is -2.51. The Labute approximate surface area is 255 Å². The van der Waals surface area contributed by atoms with Crippen LogP contribution in [0, 0.1) is 5.82 Å². The van der Waals surface area contributed by atoms with Crippen molar-refractivity contribution in [1.29, 1.82) is 0 Å². The Balaban J connectivity index is 1.01. The number of pyridine rings is 1. The molecule has 8 heteroatoms. The number of piperazine rings is 1. The number of hydrogen-bond donors (Lipinski definition) is 1. The van der Waals surface area contributed by atoms with Crippen molar-refractivity contribution < 1.29 is 9.18 Å². The molecule has 1 atom stereocenters. The van der Waals surface area contributed by atoms with E-state index in [0.29, 0.717) is 30.3 Å². The summed E-state index contributed by atoms with van der Waals surface area (Å²) in [7, 11) is 0. The summed E-state index contributed by atoms with van der Waals surface area (Å²) >= 11 is 3.33. The molecule has 0 radical (unpaired) electrons. The predicted molar refractivity (Wildman–Crippen MR) is 170 cm³/mol. The molecule has 0 saturated carbocycles. The molecule has 2 aromatic carbocycles. The molecule has 42 heavy (non-hydrogen) atoms. The number of hydrogen-bond acceptors (Lipinski definition) is 5. The van der Waals surface area contributed by atoms with Crippen molar-refractivity contribution in [2.45, 2.75) is 32.0 Å². The first-order chi connectivity index (χ1) is 20.5. The van der Waals surface area contributed by atoms with Crippen molar-refractivity contribution in [3.63, 3.8) is 0 Å². The average molecular weight is 629 g/mol. The number of nitrogens with zero attached hydrogens (tertiary/aromatic N) is 4. The van der Waals surface area contributed by atoms with E-state index in [2.05, 4.69) is 85.1 Å². The molecule has 1 fully saturated rings. The minimum Gasteiger partial charge on any atom is -0.373 e. The summed E-state index contributed by atoms with van der Waals surface area (Å²) in [5, 5.41) is 3.02. The first-order valence-electron chi connectivity index (χ1n) is 14.5. The molecule has 6 nitrogen and oxygen atoms in total. The number of rotatable bonds is 9. The third kappa shape index (κ3) is 6.66. The Kier molecular flexibility index (Phi) is 8.53. The van der Waals surface area contributed by atoms with E-state index >= 15 is 0 Å². The number of nitrogens with one attached hydrogen (secondary N) is 1. The third-order valence-electron chi connectivity index (χ3n) is 8.27. The number of halogens is 2. The van der Waals surface area contributed by atoms with Gasteiger partial charge in [0.1, 0.15) is 11.6 Å². The monoisotopic (exact) mass is 627 g/mol. The highest BCUT2D eigenvalue weighted by atomic mass is 79.9. The van der Waals surface area contributed by atoms with Crippen molar-refractivity contribution in [3.8, 4) is 0 Å². The molecule has 6 rings (SSSR count). The molecular weight excluding hydrogens is 593 g/mol. The Morgan fingerprint density at radius 2 is 1.88 bits per heavy atom. The van der Waals surface area contributed by atoms with E-state index in [1.807, 2.05) is 18.2 Å². The second-order valence-electron chi connectivity index (χ2n) is 11.1. The van der Waals surface area contributed by atoms with Crippen LogP contribution < -0.4 is 10.2 Å². The Morgan fingerprint density at radius 3 is 2.55 bits per heavy atom. The van der Waals surface area contributed by atoms with Gasteiger partial charge in [-0.3, -0.25) is 9.69 Å². The number of benzene rings is 2. The number of aromatic nitrogens is 1. The standard InChI is InChI=1S/C34H35BrFN5O/c1-2-25-19-29(34(42)38-21-24-3-5-26(6-4-24)27-7-8-27)22-37-33(25)41-17-15-40(16-18-41)31-11-13-39(14-12-31)23-28-9-10-30(35)20-32(28)36/h2-7,9-11,13,19-20,22,31H,1,8,12,14-18,21,23H2,(H,38,42). The maximum atomic E-state index is 14.3. The summed E-state index contributed by atoms with van der Waals surface area (Å²) < 4.78 is 15.0. The van der Waals surface area contributed by atoms with Crippen molar-refractivity contribution in [2.75, 3.05) is 37.6 Å². The van der Waals surface area contributed by atoms with Crippen molar-refractivity contribution >= 4 is 39.3 Å². The second kappa shape index (κ2) is 12.6. The van der Waals surface area contributed by atoms with Gasteiger partial charge in [0.15, 0.2) is 0 Å². The summed E-state index contributed by atoms with van der Waals surface area (Å²) in [5.74, 6) is 0.551. The number of allylic oxidation sites excluding steroid dienone is 2. The highest BCUT2D eigenvalue weighted by molar-refractivity contribution is 9.10. The molecule has 1 N–H and O–H groups in total.